The maximum Gasteiger partial charge on any atom is 0.148 e. The van der Waals surface area contributed by atoms with E-state index in [0.717, 1.165) is 0 Å². The van der Waals surface area contributed by atoms with Gasteiger partial charge in [0.05, 0.1) is 5.02 Å². The second-order valence-electron chi connectivity index (χ2n) is 2.47. The topological polar surface area (TPSA) is 61.7 Å². The van der Waals surface area contributed by atoms with Crippen molar-refractivity contribution >= 4 is 23.2 Å². The highest BCUT2D eigenvalue weighted by Gasteiger charge is 2.01. The Hall–Kier alpha value is -1.40. The molecule has 0 N–H and O–H groups in total. The Morgan fingerprint density at radius 3 is 3.07 bits per heavy atom. The van der Waals surface area contributed by atoms with Crippen molar-refractivity contribution in [2.24, 2.45) is 5.11 Å². The summed E-state index contributed by atoms with van der Waals surface area (Å²) in [5, 5.41) is 3.93. The number of azide groups is 1. The van der Waals surface area contributed by atoms with Crippen LogP contribution in [0.4, 0.5) is 0 Å². The Labute approximate surface area is 96.9 Å². The van der Waals surface area contributed by atoms with Crippen molar-refractivity contribution in [3.63, 3.8) is 0 Å². The van der Waals surface area contributed by atoms with E-state index in [1.165, 1.54) is 6.20 Å². The first kappa shape index (κ1) is 11.7. The van der Waals surface area contributed by atoms with Crippen LogP contribution in [0, 0.1) is 11.8 Å². The van der Waals surface area contributed by atoms with Crippen molar-refractivity contribution in [2.75, 3.05) is 6.54 Å². The largest absolute Gasteiger partial charge is 0.243 e. The molecule has 0 fully saturated rings. The Bertz CT molecular complexity index is 455. The lowest BCUT2D eigenvalue weighted by Crippen LogP contribution is -1.82. The summed E-state index contributed by atoms with van der Waals surface area (Å²) in [6.45, 7) is 0.347. The summed E-state index contributed by atoms with van der Waals surface area (Å²) < 4.78 is 0. The minimum Gasteiger partial charge on any atom is -0.243 e. The predicted molar refractivity (Wildman–Crippen MR) is 59.8 cm³/mol. The molecule has 0 saturated heterocycles. The second-order valence-corrected chi connectivity index (χ2v) is 3.21. The molecule has 6 heteroatoms. The van der Waals surface area contributed by atoms with E-state index in [9.17, 15) is 0 Å². The molecule has 0 aliphatic heterocycles. The van der Waals surface area contributed by atoms with E-state index < -0.39 is 0 Å². The Kier molecular flexibility index (Phi) is 4.79. The summed E-state index contributed by atoms with van der Waals surface area (Å²) in [4.78, 5) is 6.41. The maximum absolute atomic E-state index is 8.03. The molecule has 15 heavy (non-hydrogen) atoms. The zero-order chi connectivity index (χ0) is 11.1. The van der Waals surface area contributed by atoms with Crippen molar-refractivity contribution in [2.45, 2.75) is 6.42 Å². The van der Waals surface area contributed by atoms with Crippen molar-refractivity contribution in [1.29, 1.82) is 0 Å². The lowest BCUT2D eigenvalue weighted by atomic mass is 10.2. The van der Waals surface area contributed by atoms with E-state index >= 15 is 0 Å². The molecule has 0 radical (unpaired) electrons. The van der Waals surface area contributed by atoms with Crippen molar-refractivity contribution in [3.05, 3.63) is 38.4 Å². The lowest BCUT2D eigenvalue weighted by molar-refractivity contribution is 1.01. The van der Waals surface area contributed by atoms with Crippen molar-refractivity contribution in [3.8, 4) is 11.8 Å². The molecule has 0 aromatic carbocycles. The summed E-state index contributed by atoms with van der Waals surface area (Å²) in [5.74, 6) is 5.64. The van der Waals surface area contributed by atoms with Gasteiger partial charge in [0.1, 0.15) is 5.15 Å². The summed E-state index contributed by atoms with van der Waals surface area (Å²) in [6, 6.07) is 1.68. The fraction of sp³-hybridized carbons (Fsp3) is 0.222. The average molecular weight is 241 g/mol. The molecule has 0 spiro atoms. The second kappa shape index (κ2) is 6.15. The molecular weight excluding hydrogens is 235 g/mol. The number of halogens is 2. The van der Waals surface area contributed by atoms with Gasteiger partial charge in [-0.15, -0.1) is 0 Å². The SMILES string of the molecule is [N-]=[N+]=NCCC#Cc1ccnc(Cl)c1Cl. The van der Waals surface area contributed by atoms with Gasteiger partial charge in [0.2, 0.25) is 0 Å². The van der Waals surface area contributed by atoms with Gasteiger partial charge in [-0.2, -0.15) is 0 Å². The van der Waals surface area contributed by atoms with E-state index in [-0.39, 0.29) is 5.15 Å². The van der Waals surface area contributed by atoms with Crippen LogP contribution >= 0.6 is 23.2 Å². The minimum absolute atomic E-state index is 0.235. The Morgan fingerprint density at radius 2 is 2.33 bits per heavy atom. The molecule has 0 amide bonds. The van der Waals surface area contributed by atoms with E-state index in [1.807, 2.05) is 0 Å². The summed E-state index contributed by atoms with van der Waals surface area (Å²) >= 11 is 11.6. The zero-order valence-corrected chi connectivity index (χ0v) is 9.13. The molecule has 0 aliphatic rings. The number of aromatic nitrogens is 1. The summed E-state index contributed by atoms with van der Waals surface area (Å²) in [6.07, 6.45) is 2.02. The Morgan fingerprint density at radius 1 is 1.53 bits per heavy atom. The summed E-state index contributed by atoms with van der Waals surface area (Å²) in [7, 11) is 0. The zero-order valence-electron chi connectivity index (χ0n) is 7.61. The Balaban J connectivity index is 2.71. The number of hydrogen-bond donors (Lipinski definition) is 0. The molecule has 1 heterocycles. The number of hydrogen-bond acceptors (Lipinski definition) is 2. The minimum atomic E-state index is 0.235. The molecule has 76 valence electrons. The molecule has 0 saturated carbocycles. The third-order valence-corrected chi connectivity index (χ3v) is 2.24. The molecule has 4 nitrogen and oxygen atoms in total. The van der Waals surface area contributed by atoms with Crippen LogP contribution in [0.5, 0.6) is 0 Å². The molecule has 0 atom stereocenters. The third-order valence-electron chi connectivity index (χ3n) is 1.47. The van der Waals surface area contributed by atoms with Gasteiger partial charge >= 0.3 is 0 Å². The maximum atomic E-state index is 8.03. The molecule has 1 rings (SSSR count). The molecule has 1 aromatic heterocycles. The van der Waals surface area contributed by atoms with Gasteiger partial charge in [0, 0.05) is 29.6 Å². The highest BCUT2D eigenvalue weighted by molar-refractivity contribution is 6.41. The van der Waals surface area contributed by atoms with Crippen LogP contribution < -0.4 is 0 Å². The van der Waals surface area contributed by atoms with Gasteiger partial charge in [-0.25, -0.2) is 4.98 Å². The highest BCUT2D eigenvalue weighted by Crippen LogP contribution is 2.22. The third kappa shape index (κ3) is 3.69. The summed E-state index contributed by atoms with van der Waals surface area (Å²) in [5.41, 5.74) is 8.65. The van der Waals surface area contributed by atoms with Crippen LogP contribution in [-0.4, -0.2) is 11.5 Å². The molecular formula is C9H6Cl2N4. The highest BCUT2D eigenvalue weighted by atomic mass is 35.5. The molecule has 0 bridgehead atoms. The van der Waals surface area contributed by atoms with Gasteiger partial charge in [0.25, 0.3) is 0 Å². The predicted octanol–water partition coefficient (Wildman–Crippen LogP) is 3.44. The normalized spacial score (nSPS) is 8.67. The molecule has 0 unspecified atom stereocenters. The fourth-order valence-electron chi connectivity index (χ4n) is 0.823. The quantitative estimate of drug-likeness (QED) is 0.195. The van der Waals surface area contributed by atoms with Crippen LogP contribution in [0.3, 0.4) is 0 Å². The monoisotopic (exact) mass is 240 g/mol. The number of nitrogens with zero attached hydrogens (tertiary/aromatic N) is 4. The molecule has 0 aliphatic carbocycles. The van der Waals surface area contributed by atoms with Crippen LogP contribution in [-0.2, 0) is 0 Å². The standard InChI is InChI=1S/C9H6Cl2N4/c10-8-7(4-6-13-9(8)11)3-1-2-5-14-15-12/h4,6H,2,5H2. The van der Waals surface area contributed by atoms with Gasteiger partial charge < -0.3 is 0 Å². The van der Waals surface area contributed by atoms with E-state index in [0.29, 0.717) is 23.6 Å². The van der Waals surface area contributed by atoms with Gasteiger partial charge in [-0.05, 0) is 11.6 Å². The van der Waals surface area contributed by atoms with Gasteiger partial charge in [0.15, 0.2) is 0 Å². The van der Waals surface area contributed by atoms with Crippen molar-refractivity contribution < 1.29 is 0 Å². The molecule has 1 aromatic rings. The number of rotatable bonds is 2. The smallest absolute Gasteiger partial charge is 0.148 e. The number of pyridine rings is 1. The van der Waals surface area contributed by atoms with Crippen LogP contribution in [0.2, 0.25) is 10.2 Å². The average Bonchev–Trinajstić information content (AvgIpc) is 2.24. The first-order chi connectivity index (χ1) is 7.25. The van der Waals surface area contributed by atoms with Crippen molar-refractivity contribution in [1.82, 2.24) is 4.98 Å². The van der Waals surface area contributed by atoms with Crippen LogP contribution in [0.15, 0.2) is 17.4 Å². The first-order valence-corrected chi connectivity index (χ1v) is 4.81. The van der Waals surface area contributed by atoms with Crippen LogP contribution in [0.25, 0.3) is 10.4 Å². The van der Waals surface area contributed by atoms with E-state index in [1.54, 1.807) is 6.07 Å². The first-order valence-electron chi connectivity index (χ1n) is 4.05. The fourth-order valence-corrected chi connectivity index (χ4v) is 1.14. The van der Waals surface area contributed by atoms with Gasteiger partial charge in [-0.3, -0.25) is 0 Å². The van der Waals surface area contributed by atoms with E-state index in [4.69, 9.17) is 28.7 Å². The van der Waals surface area contributed by atoms with Gasteiger partial charge in [-0.1, -0.05) is 40.2 Å². The lowest BCUT2D eigenvalue weighted by Gasteiger charge is -1.95. The van der Waals surface area contributed by atoms with Crippen LogP contribution in [0.1, 0.15) is 12.0 Å². The van der Waals surface area contributed by atoms with E-state index in [2.05, 4.69) is 26.9 Å².